The number of hydrogen-bond acceptors (Lipinski definition) is 6. The second-order valence-corrected chi connectivity index (χ2v) is 10.6. The first-order valence-electron chi connectivity index (χ1n) is 13.0. The van der Waals surface area contributed by atoms with Crippen molar-refractivity contribution in [2.45, 2.75) is 25.3 Å². The highest BCUT2D eigenvalue weighted by Crippen LogP contribution is 2.20. The summed E-state index contributed by atoms with van der Waals surface area (Å²) in [6.45, 7) is 6.17. The highest BCUT2D eigenvalue weighted by atomic mass is 32.2. The minimum Gasteiger partial charge on any atom is -0.494 e. The average Bonchev–Trinajstić information content (AvgIpc) is 2.97. The monoisotopic (exact) mass is 556 g/mol. The zero-order valence-corrected chi connectivity index (χ0v) is 23.3. The Morgan fingerprint density at radius 3 is 2.17 bits per heavy atom. The van der Waals surface area contributed by atoms with Gasteiger partial charge in [-0.2, -0.15) is 5.10 Å². The van der Waals surface area contributed by atoms with Crippen molar-refractivity contribution in [3.8, 4) is 5.75 Å². The molecule has 0 radical (unpaired) electrons. The maximum absolute atomic E-state index is 12.7. The molecule has 4 aromatic carbocycles. The van der Waals surface area contributed by atoms with E-state index in [1.165, 1.54) is 42.0 Å². The Hall–Kier alpha value is -4.63. The Morgan fingerprint density at radius 2 is 1.55 bits per heavy atom. The smallest absolute Gasteiger partial charge is 0.271 e. The van der Waals surface area contributed by atoms with Gasteiger partial charge in [-0.05, 0) is 85.6 Å². The Labute approximate surface area is 235 Å². The molecule has 0 heterocycles. The third-order valence-corrected chi connectivity index (χ3v) is 7.48. The van der Waals surface area contributed by atoms with Gasteiger partial charge in [-0.3, -0.25) is 9.52 Å². The molecule has 1 amide bonds. The highest BCUT2D eigenvalue weighted by molar-refractivity contribution is 7.92. The second kappa shape index (κ2) is 13.4. The van der Waals surface area contributed by atoms with E-state index in [0.717, 1.165) is 24.3 Å². The fourth-order valence-electron chi connectivity index (χ4n) is 3.98. The number of hydrogen-bond donors (Lipinski definition) is 2. The van der Waals surface area contributed by atoms with Gasteiger partial charge in [0.1, 0.15) is 5.75 Å². The number of carbonyl (C=O) groups is 1. The minimum absolute atomic E-state index is 0.110. The van der Waals surface area contributed by atoms with Crippen molar-refractivity contribution in [3.63, 3.8) is 0 Å². The standard InChI is InChI=1S/C31H32N4O4S/c1-3-35(23-25-8-6-5-7-9-25)28-16-10-24(11-17-28)22-32-33-31(36)26-12-14-27(15-13-26)34-40(37,38)30-20-18-29(19-21-30)39-4-2/h5-22,34H,3-4,23H2,1-2H3,(H,33,36)/b32-22-. The molecule has 40 heavy (non-hydrogen) atoms. The Kier molecular flexibility index (Phi) is 9.53. The SMILES string of the molecule is CCOc1ccc(S(=O)(=O)Nc2ccc(C(=O)N/N=C\c3ccc(N(CC)Cc4ccccc4)cc3)cc2)cc1. The van der Waals surface area contributed by atoms with Crippen LogP contribution in [0, 0.1) is 0 Å². The van der Waals surface area contributed by atoms with Gasteiger partial charge in [-0.1, -0.05) is 42.5 Å². The van der Waals surface area contributed by atoms with E-state index in [1.807, 2.05) is 49.4 Å². The average molecular weight is 557 g/mol. The van der Waals surface area contributed by atoms with Crippen molar-refractivity contribution in [3.05, 3.63) is 120 Å². The van der Waals surface area contributed by atoms with E-state index in [9.17, 15) is 13.2 Å². The Bertz CT molecular complexity index is 1520. The van der Waals surface area contributed by atoms with Crippen molar-refractivity contribution < 1.29 is 17.9 Å². The molecule has 0 aliphatic carbocycles. The number of hydrazone groups is 1. The Morgan fingerprint density at radius 1 is 0.875 bits per heavy atom. The van der Waals surface area contributed by atoms with Gasteiger partial charge >= 0.3 is 0 Å². The van der Waals surface area contributed by atoms with Gasteiger partial charge in [-0.25, -0.2) is 13.8 Å². The fourth-order valence-corrected chi connectivity index (χ4v) is 5.03. The summed E-state index contributed by atoms with van der Waals surface area (Å²) in [6.07, 6.45) is 1.58. The van der Waals surface area contributed by atoms with Gasteiger partial charge in [0.15, 0.2) is 0 Å². The normalized spacial score (nSPS) is 11.2. The molecular weight excluding hydrogens is 524 g/mol. The van der Waals surface area contributed by atoms with E-state index in [1.54, 1.807) is 18.3 Å². The van der Waals surface area contributed by atoms with Crippen molar-refractivity contribution in [1.29, 1.82) is 0 Å². The van der Waals surface area contributed by atoms with Crippen molar-refractivity contribution in [2.24, 2.45) is 5.10 Å². The molecule has 9 heteroatoms. The number of benzene rings is 4. The summed E-state index contributed by atoms with van der Waals surface area (Å²) >= 11 is 0. The molecule has 0 unspecified atom stereocenters. The second-order valence-electron chi connectivity index (χ2n) is 8.88. The van der Waals surface area contributed by atoms with Crippen LogP contribution in [0.4, 0.5) is 11.4 Å². The topological polar surface area (TPSA) is 100 Å². The van der Waals surface area contributed by atoms with Crippen molar-refractivity contribution in [1.82, 2.24) is 5.43 Å². The van der Waals surface area contributed by atoms with Crippen LogP contribution >= 0.6 is 0 Å². The zero-order chi connectivity index (χ0) is 28.4. The largest absolute Gasteiger partial charge is 0.494 e. The van der Waals surface area contributed by atoms with Crippen LogP contribution in [-0.2, 0) is 16.6 Å². The Balaban J connectivity index is 1.31. The van der Waals surface area contributed by atoms with Crippen LogP contribution < -0.4 is 19.8 Å². The van der Waals surface area contributed by atoms with Gasteiger partial charge in [-0.15, -0.1) is 0 Å². The molecule has 0 spiro atoms. The van der Waals surface area contributed by atoms with Crippen LogP contribution in [0.2, 0.25) is 0 Å². The lowest BCUT2D eigenvalue weighted by atomic mass is 10.1. The van der Waals surface area contributed by atoms with E-state index in [4.69, 9.17) is 4.74 Å². The first-order chi connectivity index (χ1) is 19.4. The van der Waals surface area contributed by atoms with Crippen molar-refractivity contribution >= 4 is 33.5 Å². The molecule has 4 rings (SSSR count). The van der Waals surface area contributed by atoms with Crippen LogP contribution in [0.15, 0.2) is 113 Å². The highest BCUT2D eigenvalue weighted by Gasteiger charge is 2.15. The van der Waals surface area contributed by atoms with E-state index in [0.29, 0.717) is 23.6 Å². The molecule has 0 aliphatic rings. The number of carbonyl (C=O) groups excluding carboxylic acids is 1. The van der Waals surface area contributed by atoms with Crippen LogP contribution in [-0.4, -0.2) is 33.7 Å². The summed E-state index contributed by atoms with van der Waals surface area (Å²) in [6, 6.07) is 30.5. The molecule has 4 aromatic rings. The van der Waals surface area contributed by atoms with Crippen LogP contribution in [0.25, 0.3) is 0 Å². The number of anilines is 2. The molecule has 0 aliphatic heterocycles. The van der Waals surface area contributed by atoms with Gasteiger partial charge in [0.05, 0.1) is 17.7 Å². The lowest BCUT2D eigenvalue weighted by Gasteiger charge is -2.23. The van der Waals surface area contributed by atoms with Gasteiger partial charge in [0.25, 0.3) is 15.9 Å². The number of ether oxygens (including phenoxy) is 1. The molecule has 8 nitrogen and oxygen atoms in total. The summed E-state index contributed by atoms with van der Waals surface area (Å²) in [5.41, 5.74) is 6.38. The molecule has 206 valence electrons. The number of amides is 1. The summed E-state index contributed by atoms with van der Waals surface area (Å²) in [5, 5.41) is 4.06. The number of sulfonamides is 1. The van der Waals surface area contributed by atoms with Crippen LogP contribution in [0.3, 0.4) is 0 Å². The number of rotatable bonds is 12. The maximum Gasteiger partial charge on any atom is 0.271 e. The molecule has 0 bridgehead atoms. The summed E-state index contributed by atoms with van der Waals surface area (Å²) in [7, 11) is -3.78. The summed E-state index contributed by atoms with van der Waals surface area (Å²) in [4.78, 5) is 14.9. The third kappa shape index (κ3) is 7.70. The fraction of sp³-hybridized carbons (Fsp3) is 0.161. The molecule has 0 saturated carbocycles. The summed E-state index contributed by atoms with van der Waals surface area (Å²) in [5.74, 6) is 0.187. The van der Waals surface area contributed by atoms with Crippen LogP contribution in [0.5, 0.6) is 5.75 Å². The first-order valence-corrected chi connectivity index (χ1v) is 14.4. The van der Waals surface area contributed by atoms with Crippen LogP contribution in [0.1, 0.15) is 35.3 Å². The van der Waals surface area contributed by atoms with E-state index in [2.05, 4.69) is 39.2 Å². The van der Waals surface area contributed by atoms with Gasteiger partial charge in [0, 0.05) is 30.0 Å². The molecule has 0 aromatic heterocycles. The van der Waals surface area contributed by atoms with Gasteiger partial charge in [0.2, 0.25) is 0 Å². The van der Waals surface area contributed by atoms with E-state index >= 15 is 0 Å². The van der Waals surface area contributed by atoms with Gasteiger partial charge < -0.3 is 9.64 Å². The lowest BCUT2D eigenvalue weighted by Crippen LogP contribution is -2.21. The predicted molar refractivity (Wildman–Crippen MR) is 160 cm³/mol. The zero-order valence-electron chi connectivity index (χ0n) is 22.4. The van der Waals surface area contributed by atoms with E-state index < -0.39 is 15.9 Å². The maximum atomic E-state index is 12.7. The third-order valence-electron chi connectivity index (χ3n) is 6.08. The summed E-state index contributed by atoms with van der Waals surface area (Å²) < 4.78 is 33.2. The van der Waals surface area contributed by atoms with E-state index in [-0.39, 0.29) is 4.90 Å². The predicted octanol–water partition coefficient (Wildman–Crippen LogP) is 5.68. The number of nitrogens with zero attached hydrogens (tertiary/aromatic N) is 2. The molecule has 0 fully saturated rings. The van der Waals surface area contributed by atoms with Crippen molar-refractivity contribution in [2.75, 3.05) is 22.8 Å². The molecule has 2 N–H and O–H groups in total. The quantitative estimate of drug-likeness (QED) is 0.173. The number of nitrogens with one attached hydrogen (secondary N) is 2. The molecule has 0 atom stereocenters. The first kappa shape index (κ1) is 28.4. The molecular formula is C31H32N4O4S. The lowest BCUT2D eigenvalue weighted by molar-refractivity contribution is 0.0955. The molecule has 0 saturated heterocycles. The minimum atomic E-state index is -3.78.